The standard InChI is InChI=1S/C32H36F3N3O5/c1-6-31(3,36(4)5)20(2)43-19-38-28(40)16-14-26(30(38)42)37-18-22-17-21(7-13-25(22)29(37)41)8-15-27(39)32(34,35)23-9-11-24(33)12-10-23/h7,9-13,17,26H,2,6,8,14-16,18-19H2,1,3-5H3. The molecule has 4 rings (SSSR count). The zero-order valence-corrected chi connectivity index (χ0v) is 24.8. The van der Waals surface area contributed by atoms with Crippen LogP contribution in [0, 0.1) is 5.82 Å². The molecule has 0 aliphatic carbocycles. The van der Waals surface area contributed by atoms with Crippen LogP contribution < -0.4 is 0 Å². The van der Waals surface area contributed by atoms with E-state index in [1.165, 1.54) is 4.90 Å². The number of likely N-dealkylation sites (N-methyl/N-ethyl adjacent to an activating group) is 1. The number of fused-ring (bicyclic) bond motifs is 1. The van der Waals surface area contributed by atoms with Crippen molar-refractivity contribution in [2.45, 2.75) is 70.0 Å². The Kier molecular flexibility index (Phi) is 9.15. The fourth-order valence-corrected chi connectivity index (χ4v) is 5.35. The number of halogens is 3. The van der Waals surface area contributed by atoms with Gasteiger partial charge in [-0.1, -0.05) is 25.6 Å². The van der Waals surface area contributed by atoms with Crippen LogP contribution in [-0.2, 0) is 38.0 Å². The van der Waals surface area contributed by atoms with Crippen LogP contribution >= 0.6 is 0 Å². The fraction of sp³-hybridized carbons (Fsp3) is 0.438. The van der Waals surface area contributed by atoms with Gasteiger partial charge in [0.1, 0.15) is 17.6 Å². The first-order valence-electron chi connectivity index (χ1n) is 14.1. The number of rotatable bonds is 12. The van der Waals surface area contributed by atoms with E-state index >= 15 is 0 Å². The molecule has 0 bridgehead atoms. The maximum Gasteiger partial charge on any atom is 0.330 e. The molecule has 1 saturated heterocycles. The lowest BCUT2D eigenvalue weighted by atomic mass is 9.95. The molecule has 0 N–H and O–H groups in total. The van der Waals surface area contributed by atoms with E-state index in [1.54, 1.807) is 18.2 Å². The van der Waals surface area contributed by atoms with Crippen molar-refractivity contribution in [1.82, 2.24) is 14.7 Å². The van der Waals surface area contributed by atoms with E-state index in [4.69, 9.17) is 4.74 Å². The second-order valence-corrected chi connectivity index (χ2v) is 11.4. The number of ketones is 1. The molecule has 0 radical (unpaired) electrons. The maximum atomic E-state index is 14.6. The van der Waals surface area contributed by atoms with Crippen molar-refractivity contribution in [3.63, 3.8) is 0 Å². The zero-order chi connectivity index (χ0) is 31.7. The van der Waals surface area contributed by atoms with Crippen LogP contribution in [-0.4, -0.2) is 70.6 Å². The Hall–Kier alpha value is -3.99. The van der Waals surface area contributed by atoms with Crippen molar-refractivity contribution in [2.75, 3.05) is 20.8 Å². The highest BCUT2D eigenvalue weighted by molar-refractivity contribution is 6.05. The topological polar surface area (TPSA) is 87.2 Å². The summed E-state index contributed by atoms with van der Waals surface area (Å²) in [4.78, 5) is 56.1. The minimum atomic E-state index is -3.76. The van der Waals surface area contributed by atoms with Crippen LogP contribution in [0.3, 0.4) is 0 Å². The maximum absolute atomic E-state index is 14.6. The van der Waals surface area contributed by atoms with Crippen LogP contribution in [0.15, 0.2) is 54.8 Å². The van der Waals surface area contributed by atoms with Gasteiger partial charge in [-0.3, -0.25) is 24.1 Å². The molecule has 1 fully saturated rings. The predicted molar refractivity (Wildman–Crippen MR) is 152 cm³/mol. The molecule has 3 amide bonds. The molecular weight excluding hydrogens is 563 g/mol. The number of aryl methyl sites for hydroxylation is 1. The smallest absolute Gasteiger partial charge is 0.330 e. The summed E-state index contributed by atoms with van der Waals surface area (Å²) in [6.45, 7) is 7.71. The molecular formula is C32H36F3N3O5. The van der Waals surface area contributed by atoms with E-state index in [1.807, 2.05) is 32.8 Å². The highest BCUT2D eigenvalue weighted by Gasteiger charge is 2.44. The number of amides is 3. The van der Waals surface area contributed by atoms with Crippen molar-refractivity contribution in [1.29, 1.82) is 0 Å². The molecule has 2 aromatic carbocycles. The highest BCUT2D eigenvalue weighted by atomic mass is 19.3. The number of benzene rings is 2. The van der Waals surface area contributed by atoms with Gasteiger partial charge < -0.3 is 9.64 Å². The number of likely N-dealkylation sites (tertiary alicyclic amines) is 1. The number of carbonyl (C=O) groups excluding carboxylic acids is 4. The van der Waals surface area contributed by atoms with Gasteiger partial charge in [-0.2, -0.15) is 8.78 Å². The Morgan fingerprint density at radius 1 is 1.12 bits per heavy atom. The second-order valence-electron chi connectivity index (χ2n) is 11.4. The fourth-order valence-electron chi connectivity index (χ4n) is 5.35. The molecule has 8 nitrogen and oxygen atoms in total. The average molecular weight is 600 g/mol. The van der Waals surface area contributed by atoms with Crippen LogP contribution in [0.25, 0.3) is 0 Å². The first kappa shape index (κ1) is 31.9. The lowest BCUT2D eigenvalue weighted by Gasteiger charge is -2.39. The number of piperidine rings is 1. The van der Waals surface area contributed by atoms with Gasteiger partial charge in [-0.25, -0.2) is 9.29 Å². The third-order valence-corrected chi connectivity index (χ3v) is 8.70. The Bertz CT molecular complexity index is 1440. The first-order chi connectivity index (χ1) is 20.2. The Balaban J connectivity index is 1.41. The van der Waals surface area contributed by atoms with Crippen LogP contribution in [0.5, 0.6) is 0 Å². The third-order valence-electron chi connectivity index (χ3n) is 8.70. The van der Waals surface area contributed by atoms with E-state index in [2.05, 4.69) is 6.58 Å². The van der Waals surface area contributed by atoms with Crippen LogP contribution in [0.1, 0.15) is 66.6 Å². The quantitative estimate of drug-likeness (QED) is 0.257. The zero-order valence-electron chi connectivity index (χ0n) is 24.8. The molecule has 43 heavy (non-hydrogen) atoms. The molecule has 0 saturated carbocycles. The lowest BCUT2D eigenvalue weighted by Crippen LogP contribution is -2.55. The van der Waals surface area contributed by atoms with Crippen molar-refractivity contribution in [2.24, 2.45) is 0 Å². The summed E-state index contributed by atoms with van der Waals surface area (Å²) in [7, 11) is 3.77. The number of hydrogen-bond acceptors (Lipinski definition) is 6. The van der Waals surface area contributed by atoms with Gasteiger partial charge in [0.2, 0.25) is 11.7 Å². The summed E-state index contributed by atoms with van der Waals surface area (Å²) in [6, 6.07) is 7.48. The van der Waals surface area contributed by atoms with E-state index in [0.29, 0.717) is 28.9 Å². The van der Waals surface area contributed by atoms with Gasteiger partial charge in [-0.15, -0.1) is 0 Å². The molecule has 2 aliphatic heterocycles. The largest absolute Gasteiger partial charge is 0.476 e. The van der Waals surface area contributed by atoms with Crippen LogP contribution in [0.2, 0.25) is 0 Å². The Labute approximate surface area is 249 Å². The second kappa shape index (κ2) is 12.3. The molecule has 230 valence electrons. The lowest BCUT2D eigenvalue weighted by molar-refractivity contribution is -0.158. The van der Waals surface area contributed by atoms with Crippen molar-refractivity contribution in [3.05, 3.63) is 82.9 Å². The summed E-state index contributed by atoms with van der Waals surface area (Å²) in [6.07, 6.45) is 0.457. The number of hydrogen-bond donors (Lipinski definition) is 0. The normalized spacial score (nSPS) is 18.6. The first-order valence-corrected chi connectivity index (χ1v) is 14.1. The molecule has 2 aliphatic rings. The number of Topliss-reactive ketones (excluding diaryl/α,β-unsaturated/α-hetero) is 1. The van der Waals surface area contributed by atoms with E-state index < -0.39 is 52.9 Å². The summed E-state index contributed by atoms with van der Waals surface area (Å²) >= 11 is 0. The molecule has 2 atom stereocenters. The number of nitrogens with zero attached hydrogens (tertiary/aromatic N) is 3. The highest BCUT2D eigenvalue weighted by Crippen LogP contribution is 2.33. The van der Waals surface area contributed by atoms with E-state index in [-0.39, 0.29) is 38.4 Å². The monoisotopic (exact) mass is 599 g/mol. The van der Waals surface area contributed by atoms with Crippen molar-refractivity contribution in [3.8, 4) is 0 Å². The van der Waals surface area contributed by atoms with Crippen LogP contribution in [0.4, 0.5) is 13.2 Å². The molecule has 2 unspecified atom stereocenters. The predicted octanol–water partition coefficient (Wildman–Crippen LogP) is 4.81. The third kappa shape index (κ3) is 6.22. The van der Waals surface area contributed by atoms with E-state index in [9.17, 15) is 32.3 Å². The van der Waals surface area contributed by atoms with Gasteiger partial charge in [-0.05, 0) is 81.7 Å². The molecule has 11 heteroatoms. The number of imide groups is 1. The summed E-state index contributed by atoms with van der Waals surface area (Å²) in [5.74, 6) is -6.64. The number of ether oxygens (including phenoxy) is 1. The summed E-state index contributed by atoms with van der Waals surface area (Å²) < 4.78 is 48.2. The molecule has 2 aromatic rings. The van der Waals surface area contributed by atoms with Crippen molar-refractivity contribution < 1.29 is 37.1 Å². The number of carbonyl (C=O) groups is 4. The SMILES string of the molecule is C=C(OCN1C(=O)CCC(N2Cc3cc(CCC(=O)C(F)(F)c4ccc(F)cc4)ccc3C2=O)C1=O)C(C)(CC)N(C)C. The van der Waals surface area contributed by atoms with Crippen molar-refractivity contribution >= 4 is 23.5 Å². The van der Waals surface area contributed by atoms with E-state index in [0.717, 1.165) is 29.2 Å². The molecule has 2 heterocycles. The molecule has 0 aromatic heterocycles. The molecule has 0 spiro atoms. The van der Waals surface area contributed by atoms with Gasteiger partial charge >= 0.3 is 5.92 Å². The minimum Gasteiger partial charge on any atom is -0.476 e. The van der Waals surface area contributed by atoms with Gasteiger partial charge in [0.25, 0.3) is 11.8 Å². The minimum absolute atomic E-state index is 0.00653. The van der Waals surface area contributed by atoms with Gasteiger partial charge in [0.05, 0.1) is 5.54 Å². The summed E-state index contributed by atoms with van der Waals surface area (Å²) in [5, 5.41) is 0. The number of alkyl halides is 2. The average Bonchev–Trinajstić information content (AvgIpc) is 3.30. The summed E-state index contributed by atoms with van der Waals surface area (Å²) in [5.41, 5.74) is 0.469. The van der Waals surface area contributed by atoms with Gasteiger partial charge in [0.15, 0.2) is 6.73 Å². The Morgan fingerprint density at radius 2 is 1.79 bits per heavy atom. The Morgan fingerprint density at radius 3 is 2.42 bits per heavy atom. The van der Waals surface area contributed by atoms with Gasteiger partial charge in [0, 0.05) is 30.5 Å².